The van der Waals surface area contributed by atoms with Crippen LogP contribution in [0.5, 0.6) is 0 Å². The number of nitrogens with zero attached hydrogens (tertiary/aromatic N) is 1. The van der Waals surface area contributed by atoms with Gasteiger partial charge in [0.25, 0.3) is 5.91 Å². The molecule has 0 aromatic heterocycles. The maximum absolute atomic E-state index is 12.2. The van der Waals surface area contributed by atoms with Crippen LogP contribution in [0.15, 0.2) is 42.5 Å². The van der Waals surface area contributed by atoms with E-state index in [2.05, 4.69) is 5.32 Å². The van der Waals surface area contributed by atoms with E-state index in [9.17, 15) is 4.79 Å². The fraction of sp³-hybridized carbons (Fsp3) is 0.133. The van der Waals surface area contributed by atoms with Crippen LogP contribution in [0.1, 0.15) is 10.4 Å². The molecular formula is C15H14Cl2N2O. The van der Waals surface area contributed by atoms with Crippen LogP contribution >= 0.6 is 23.2 Å². The van der Waals surface area contributed by atoms with Gasteiger partial charge < -0.3 is 10.2 Å². The lowest BCUT2D eigenvalue weighted by Crippen LogP contribution is -2.14. The molecule has 0 saturated heterocycles. The van der Waals surface area contributed by atoms with Crippen molar-refractivity contribution >= 4 is 40.5 Å². The van der Waals surface area contributed by atoms with Gasteiger partial charge in [-0.2, -0.15) is 0 Å². The van der Waals surface area contributed by atoms with Crippen molar-refractivity contribution in [1.29, 1.82) is 0 Å². The molecule has 0 aliphatic rings. The lowest BCUT2D eigenvalue weighted by molar-refractivity contribution is 0.102. The number of hydrogen-bond donors (Lipinski definition) is 1. The van der Waals surface area contributed by atoms with Crippen molar-refractivity contribution in [1.82, 2.24) is 0 Å². The first-order valence-electron chi connectivity index (χ1n) is 6.01. The quantitative estimate of drug-likeness (QED) is 0.916. The van der Waals surface area contributed by atoms with E-state index in [1.165, 1.54) is 0 Å². The van der Waals surface area contributed by atoms with E-state index in [0.717, 1.165) is 5.69 Å². The van der Waals surface area contributed by atoms with E-state index in [1.807, 2.05) is 37.2 Å². The Bertz CT molecular complexity index is 642. The van der Waals surface area contributed by atoms with Crippen LogP contribution in [-0.4, -0.2) is 20.0 Å². The standard InChI is InChI=1S/C15H14Cl2N2O/c1-19(2)12-5-3-4-10(8-12)15(20)18-11-6-7-13(16)14(17)9-11/h3-9H,1-2H3,(H,18,20). The Kier molecular flexibility index (Phi) is 4.53. The summed E-state index contributed by atoms with van der Waals surface area (Å²) in [6.07, 6.45) is 0. The zero-order valence-electron chi connectivity index (χ0n) is 11.2. The Labute approximate surface area is 128 Å². The van der Waals surface area contributed by atoms with Gasteiger partial charge in [-0.05, 0) is 36.4 Å². The summed E-state index contributed by atoms with van der Waals surface area (Å²) >= 11 is 11.8. The lowest BCUT2D eigenvalue weighted by Gasteiger charge is -2.13. The third kappa shape index (κ3) is 3.44. The molecule has 2 aromatic carbocycles. The van der Waals surface area contributed by atoms with E-state index in [-0.39, 0.29) is 5.91 Å². The summed E-state index contributed by atoms with van der Waals surface area (Å²) in [7, 11) is 3.85. The molecule has 20 heavy (non-hydrogen) atoms. The number of nitrogens with one attached hydrogen (secondary N) is 1. The van der Waals surface area contributed by atoms with Gasteiger partial charge in [0.15, 0.2) is 0 Å². The molecule has 0 radical (unpaired) electrons. The van der Waals surface area contributed by atoms with Gasteiger partial charge in [0.1, 0.15) is 0 Å². The first kappa shape index (κ1) is 14.7. The van der Waals surface area contributed by atoms with Crippen LogP contribution in [0, 0.1) is 0 Å². The second kappa shape index (κ2) is 6.16. The zero-order valence-corrected chi connectivity index (χ0v) is 12.7. The number of rotatable bonds is 3. The molecule has 1 amide bonds. The fourth-order valence-corrected chi connectivity index (χ4v) is 2.00. The van der Waals surface area contributed by atoms with Gasteiger partial charge in [0, 0.05) is 31.0 Å². The monoisotopic (exact) mass is 308 g/mol. The molecule has 104 valence electrons. The summed E-state index contributed by atoms with van der Waals surface area (Å²) < 4.78 is 0. The van der Waals surface area contributed by atoms with E-state index >= 15 is 0 Å². The fourth-order valence-electron chi connectivity index (χ4n) is 1.70. The molecule has 2 aromatic rings. The highest BCUT2D eigenvalue weighted by atomic mass is 35.5. The van der Waals surface area contributed by atoms with E-state index in [1.54, 1.807) is 24.3 Å². The average Bonchev–Trinajstić information content (AvgIpc) is 2.43. The topological polar surface area (TPSA) is 32.3 Å². The second-order valence-corrected chi connectivity index (χ2v) is 5.34. The number of amides is 1. The molecule has 0 fully saturated rings. The summed E-state index contributed by atoms with van der Waals surface area (Å²) in [4.78, 5) is 14.1. The van der Waals surface area contributed by atoms with Crippen LogP contribution in [0.4, 0.5) is 11.4 Å². The Morgan fingerprint density at radius 3 is 2.45 bits per heavy atom. The Morgan fingerprint density at radius 1 is 1.05 bits per heavy atom. The van der Waals surface area contributed by atoms with Crippen LogP contribution in [0.25, 0.3) is 0 Å². The number of hydrogen-bond acceptors (Lipinski definition) is 2. The minimum atomic E-state index is -0.188. The molecular weight excluding hydrogens is 295 g/mol. The van der Waals surface area contributed by atoms with Crippen LogP contribution in [-0.2, 0) is 0 Å². The number of carbonyl (C=O) groups is 1. The Balaban J connectivity index is 2.19. The number of halogens is 2. The molecule has 5 heteroatoms. The smallest absolute Gasteiger partial charge is 0.255 e. The SMILES string of the molecule is CN(C)c1cccc(C(=O)Nc2ccc(Cl)c(Cl)c2)c1. The molecule has 0 saturated carbocycles. The minimum absolute atomic E-state index is 0.188. The first-order chi connectivity index (χ1) is 9.47. The number of carbonyl (C=O) groups excluding carboxylic acids is 1. The lowest BCUT2D eigenvalue weighted by atomic mass is 10.1. The van der Waals surface area contributed by atoms with Gasteiger partial charge in [-0.1, -0.05) is 29.3 Å². The van der Waals surface area contributed by atoms with Crippen LogP contribution in [0.3, 0.4) is 0 Å². The summed E-state index contributed by atoms with van der Waals surface area (Å²) in [6, 6.07) is 12.4. The van der Waals surface area contributed by atoms with E-state index in [4.69, 9.17) is 23.2 Å². The van der Waals surface area contributed by atoms with Crippen molar-refractivity contribution in [2.24, 2.45) is 0 Å². The highest BCUT2D eigenvalue weighted by Crippen LogP contribution is 2.25. The molecule has 0 aliphatic carbocycles. The maximum Gasteiger partial charge on any atom is 0.255 e. The molecule has 3 nitrogen and oxygen atoms in total. The van der Waals surface area contributed by atoms with Crippen molar-refractivity contribution in [2.75, 3.05) is 24.3 Å². The first-order valence-corrected chi connectivity index (χ1v) is 6.77. The largest absolute Gasteiger partial charge is 0.378 e. The highest BCUT2D eigenvalue weighted by Gasteiger charge is 2.08. The highest BCUT2D eigenvalue weighted by molar-refractivity contribution is 6.42. The van der Waals surface area contributed by atoms with Gasteiger partial charge in [-0.15, -0.1) is 0 Å². The number of benzene rings is 2. The summed E-state index contributed by atoms with van der Waals surface area (Å²) in [5.74, 6) is -0.188. The molecule has 0 atom stereocenters. The second-order valence-electron chi connectivity index (χ2n) is 4.53. The zero-order chi connectivity index (χ0) is 14.7. The Morgan fingerprint density at radius 2 is 1.80 bits per heavy atom. The predicted octanol–water partition coefficient (Wildman–Crippen LogP) is 4.31. The van der Waals surface area contributed by atoms with Crippen molar-refractivity contribution in [3.8, 4) is 0 Å². The normalized spacial score (nSPS) is 10.2. The molecule has 0 spiro atoms. The van der Waals surface area contributed by atoms with Crippen molar-refractivity contribution < 1.29 is 4.79 Å². The van der Waals surface area contributed by atoms with Crippen LogP contribution in [0.2, 0.25) is 10.0 Å². The predicted molar refractivity (Wildman–Crippen MR) is 85.2 cm³/mol. The Hall–Kier alpha value is -1.71. The molecule has 0 bridgehead atoms. The van der Waals surface area contributed by atoms with E-state index < -0.39 is 0 Å². The van der Waals surface area contributed by atoms with E-state index in [0.29, 0.717) is 21.3 Å². The summed E-state index contributed by atoms with van der Waals surface area (Å²) in [5.41, 5.74) is 2.16. The number of anilines is 2. The minimum Gasteiger partial charge on any atom is -0.378 e. The molecule has 0 aliphatic heterocycles. The molecule has 2 rings (SSSR count). The van der Waals surface area contributed by atoms with Gasteiger partial charge in [0.2, 0.25) is 0 Å². The molecule has 1 N–H and O–H groups in total. The third-order valence-electron chi connectivity index (χ3n) is 2.80. The van der Waals surface area contributed by atoms with Gasteiger partial charge in [-0.25, -0.2) is 0 Å². The van der Waals surface area contributed by atoms with Crippen molar-refractivity contribution in [3.63, 3.8) is 0 Å². The van der Waals surface area contributed by atoms with Crippen molar-refractivity contribution in [3.05, 3.63) is 58.1 Å². The third-order valence-corrected chi connectivity index (χ3v) is 3.54. The van der Waals surface area contributed by atoms with Gasteiger partial charge >= 0.3 is 0 Å². The maximum atomic E-state index is 12.2. The van der Waals surface area contributed by atoms with Gasteiger partial charge in [0.05, 0.1) is 10.0 Å². The van der Waals surface area contributed by atoms with Crippen molar-refractivity contribution in [2.45, 2.75) is 0 Å². The summed E-state index contributed by atoms with van der Waals surface area (Å²) in [5, 5.41) is 3.66. The molecule has 0 heterocycles. The van der Waals surface area contributed by atoms with Crippen LogP contribution < -0.4 is 10.2 Å². The average molecular weight is 309 g/mol. The van der Waals surface area contributed by atoms with Gasteiger partial charge in [-0.3, -0.25) is 4.79 Å². The molecule has 0 unspecified atom stereocenters. The summed E-state index contributed by atoms with van der Waals surface area (Å²) in [6.45, 7) is 0.